The summed E-state index contributed by atoms with van der Waals surface area (Å²) in [6, 6.07) is 7.23. The summed E-state index contributed by atoms with van der Waals surface area (Å²) < 4.78 is 1.55. The van der Waals surface area contributed by atoms with Crippen LogP contribution in [0.5, 0.6) is 0 Å². The first kappa shape index (κ1) is 16.1. The van der Waals surface area contributed by atoms with Gasteiger partial charge in [-0.2, -0.15) is 0 Å². The molecule has 0 saturated heterocycles. The lowest BCUT2D eigenvalue weighted by molar-refractivity contribution is 0.0953. The summed E-state index contributed by atoms with van der Waals surface area (Å²) in [7, 11) is 0. The summed E-state index contributed by atoms with van der Waals surface area (Å²) in [5.74, 6) is -0.0307. The van der Waals surface area contributed by atoms with E-state index >= 15 is 0 Å². The molecule has 0 spiro atoms. The molecule has 1 heterocycles. The first-order chi connectivity index (χ1) is 10.8. The average molecular weight is 301 g/mol. The van der Waals surface area contributed by atoms with Crippen molar-refractivity contribution in [1.82, 2.24) is 25.5 Å². The van der Waals surface area contributed by atoms with Crippen LogP contribution in [0.3, 0.4) is 0 Å². The SMILES string of the molecule is CCCCCCCCNC(=O)c1ccc(-n2cnnn2)cc1. The number of tetrazole rings is 1. The van der Waals surface area contributed by atoms with Gasteiger partial charge in [0.25, 0.3) is 5.91 Å². The van der Waals surface area contributed by atoms with E-state index in [1.807, 2.05) is 12.1 Å². The standard InChI is InChI=1S/C16H23N5O/c1-2-3-4-5-6-7-12-17-16(22)14-8-10-15(11-9-14)21-13-18-19-20-21/h8-11,13H,2-7,12H2,1H3,(H,17,22). The smallest absolute Gasteiger partial charge is 0.251 e. The van der Waals surface area contributed by atoms with Crippen molar-refractivity contribution < 1.29 is 4.79 Å². The molecule has 6 nitrogen and oxygen atoms in total. The monoisotopic (exact) mass is 301 g/mol. The molecule has 2 aromatic rings. The van der Waals surface area contributed by atoms with Crippen LogP contribution < -0.4 is 5.32 Å². The van der Waals surface area contributed by atoms with Gasteiger partial charge in [0.05, 0.1) is 5.69 Å². The molecular weight excluding hydrogens is 278 g/mol. The fourth-order valence-electron chi connectivity index (χ4n) is 2.25. The van der Waals surface area contributed by atoms with Crippen LogP contribution in [0.2, 0.25) is 0 Å². The quantitative estimate of drug-likeness (QED) is 0.723. The molecule has 1 amide bonds. The van der Waals surface area contributed by atoms with Gasteiger partial charge in [0.2, 0.25) is 0 Å². The number of carbonyl (C=O) groups is 1. The van der Waals surface area contributed by atoms with Gasteiger partial charge in [0, 0.05) is 12.1 Å². The summed E-state index contributed by atoms with van der Waals surface area (Å²) >= 11 is 0. The molecule has 0 aliphatic heterocycles. The van der Waals surface area contributed by atoms with Gasteiger partial charge in [-0.05, 0) is 41.1 Å². The van der Waals surface area contributed by atoms with E-state index in [-0.39, 0.29) is 5.91 Å². The first-order valence-corrected chi connectivity index (χ1v) is 7.93. The minimum atomic E-state index is -0.0307. The number of nitrogens with one attached hydrogen (secondary N) is 1. The van der Waals surface area contributed by atoms with Crippen molar-refractivity contribution in [3.63, 3.8) is 0 Å². The van der Waals surface area contributed by atoms with Gasteiger partial charge in [0.15, 0.2) is 0 Å². The summed E-state index contributed by atoms with van der Waals surface area (Å²) in [5.41, 5.74) is 1.49. The van der Waals surface area contributed by atoms with E-state index < -0.39 is 0 Å². The molecule has 0 radical (unpaired) electrons. The van der Waals surface area contributed by atoms with E-state index in [9.17, 15) is 4.79 Å². The zero-order valence-electron chi connectivity index (χ0n) is 13.0. The summed E-state index contributed by atoms with van der Waals surface area (Å²) in [6.45, 7) is 2.95. The molecule has 1 aromatic carbocycles. The predicted molar refractivity (Wildman–Crippen MR) is 84.9 cm³/mol. The third-order valence-corrected chi connectivity index (χ3v) is 3.56. The number of amides is 1. The van der Waals surface area contributed by atoms with E-state index in [1.54, 1.807) is 16.8 Å². The molecule has 0 atom stereocenters. The second kappa shape index (κ2) is 8.92. The molecular formula is C16H23N5O. The maximum absolute atomic E-state index is 12.0. The minimum Gasteiger partial charge on any atom is -0.352 e. The molecule has 6 heteroatoms. The molecule has 1 N–H and O–H groups in total. The van der Waals surface area contributed by atoms with Crippen molar-refractivity contribution in [2.75, 3.05) is 6.54 Å². The second-order valence-electron chi connectivity index (χ2n) is 5.32. The van der Waals surface area contributed by atoms with Gasteiger partial charge in [-0.15, -0.1) is 5.10 Å². The van der Waals surface area contributed by atoms with Crippen molar-refractivity contribution in [2.45, 2.75) is 45.4 Å². The van der Waals surface area contributed by atoms with Crippen molar-refractivity contribution in [3.8, 4) is 5.69 Å². The number of rotatable bonds is 9. The number of unbranched alkanes of at least 4 members (excludes halogenated alkanes) is 5. The highest BCUT2D eigenvalue weighted by molar-refractivity contribution is 5.94. The lowest BCUT2D eigenvalue weighted by atomic mass is 10.1. The number of aromatic nitrogens is 4. The van der Waals surface area contributed by atoms with Crippen LogP contribution in [0, 0.1) is 0 Å². The van der Waals surface area contributed by atoms with Crippen molar-refractivity contribution in [1.29, 1.82) is 0 Å². The zero-order valence-corrected chi connectivity index (χ0v) is 13.0. The molecule has 0 aliphatic carbocycles. The molecule has 0 bridgehead atoms. The third kappa shape index (κ3) is 4.95. The average Bonchev–Trinajstić information content (AvgIpc) is 3.08. The van der Waals surface area contributed by atoms with E-state index in [4.69, 9.17) is 0 Å². The molecule has 0 aliphatic rings. The molecule has 118 valence electrons. The highest BCUT2D eigenvalue weighted by atomic mass is 16.1. The summed E-state index contributed by atoms with van der Waals surface area (Å²) in [4.78, 5) is 12.0. The fourth-order valence-corrected chi connectivity index (χ4v) is 2.25. The van der Waals surface area contributed by atoms with E-state index in [0.29, 0.717) is 5.56 Å². The van der Waals surface area contributed by atoms with Crippen molar-refractivity contribution >= 4 is 5.91 Å². The molecule has 0 unspecified atom stereocenters. The molecule has 22 heavy (non-hydrogen) atoms. The Hall–Kier alpha value is -2.24. The summed E-state index contributed by atoms with van der Waals surface area (Å²) in [5, 5.41) is 13.9. The number of carbonyl (C=O) groups excluding carboxylic acids is 1. The third-order valence-electron chi connectivity index (χ3n) is 3.56. The largest absolute Gasteiger partial charge is 0.352 e. The lowest BCUT2D eigenvalue weighted by Crippen LogP contribution is -2.24. The Labute approximate surface area is 130 Å². The van der Waals surface area contributed by atoms with E-state index in [2.05, 4.69) is 27.8 Å². The Balaban J connectivity index is 1.71. The van der Waals surface area contributed by atoms with Gasteiger partial charge in [-0.1, -0.05) is 39.0 Å². The lowest BCUT2D eigenvalue weighted by Gasteiger charge is -2.06. The van der Waals surface area contributed by atoms with Crippen LogP contribution in [0.25, 0.3) is 5.69 Å². The fraction of sp³-hybridized carbons (Fsp3) is 0.500. The van der Waals surface area contributed by atoms with Gasteiger partial charge in [-0.25, -0.2) is 4.68 Å². The Morgan fingerprint density at radius 3 is 2.50 bits per heavy atom. The van der Waals surface area contributed by atoms with Gasteiger partial charge < -0.3 is 5.32 Å². The topological polar surface area (TPSA) is 72.7 Å². The highest BCUT2D eigenvalue weighted by Crippen LogP contribution is 2.08. The minimum absolute atomic E-state index is 0.0307. The van der Waals surface area contributed by atoms with Gasteiger partial charge in [0.1, 0.15) is 6.33 Å². The highest BCUT2D eigenvalue weighted by Gasteiger charge is 2.05. The maximum atomic E-state index is 12.0. The van der Waals surface area contributed by atoms with Gasteiger partial charge >= 0.3 is 0 Å². The number of hydrogen-bond acceptors (Lipinski definition) is 4. The number of benzene rings is 1. The Bertz CT molecular complexity index is 550. The second-order valence-corrected chi connectivity index (χ2v) is 5.32. The Morgan fingerprint density at radius 2 is 1.82 bits per heavy atom. The van der Waals surface area contributed by atoms with Crippen LogP contribution in [-0.2, 0) is 0 Å². The van der Waals surface area contributed by atoms with Crippen molar-refractivity contribution in [3.05, 3.63) is 36.2 Å². The van der Waals surface area contributed by atoms with E-state index in [1.165, 1.54) is 38.4 Å². The molecule has 0 saturated carbocycles. The van der Waals surface area contributed by atoms with Crippen LogP contribution >= 0.6 is 0 Å². The normalized spacial score (nSPS) is 10.6. The first-order valence-electron chi connectivity index (χ1n) is 7.93. The molecule has 1 aromatic heterocycles. The maximum Gasteiger partial charge on any atom is 0.251 e. The molecule has 2 rings (SSSR count). The van der Waals surface area contributed by atoms with Crippen molar-refractivity contribution in [2.24, 2.45) is 0 Å². The van der Waals surface area contributed by atoms with Gasteiger partial charge in [-0.3, -0.25) is 4.79 Å². The number of hydrogen-bond donors (Lipinski definition) is 1. The number of nitrogens with zero attached hydrogens (tertiary/aromatic N) is 4. The summed E-state index contributed by atoms with van der Waals surface area (Å²) in [6.07, 6.45) is 8.86. The van der Waals surface area contributed by atoms with Crippen LogP contribution in [0.1, 0.15) is 55.8 Å². The predicted octanol–water partition coefficient (Wildman–Crippen LogP) is 2.75. The Kier molecular flexibility index (Phi) is 6.54. The zero-order chi connectivity index (χ0) is 15.6. The van der Waals surface area contributed by atoms with Crippen LogP contribution in [0.4, 0.5) is 0 Å². The Morgan fingerprint density at radius 1 is 1.09 bits per heavy atom. The van der Waals surface area contributed by atoms with Crippen LogP contribution in [-0.4, -0.2) is 32.7 Å². The van der Waals surface area contributed by atoms with E-state index in [0.717, 1.165) is 18.7 Å². The van der Waals surface area contributed by atoms with Crippen LogP contribution in [0.15, 0.2) is 30.6 Å². The molecule has 0 fully saturated rings.